The van der Waals surface area contributed by atoms with Crippen molar-refractivity contribution in [2.75, 3.05) is 7.11 Å². The van der Waals surface area contributed by atoms with Crippen LogP contribution in [-0.4, -0.2) is 17.1 Å². The van der Waals surface area contributed by atoms with Gasteiger partial charge < -0.3 is 10.5 Å². The molecule has 0 saturated heterocycles. The van der Waals surface area contributed by atoms with E-state index in [2.05, 4.69) is 16.0 Å². The highest BCUT2D eigenvalue weighted by molar-refractivity contribution is 7.98. The molecule has 2 N–H and O–H groups in total. The summed E-state index contributed by atoms with van der Waals surface area (Å²) >= 11 is 1.65. The zero-order valence-corrected chi connectivity index (χ0v) is 11.0. The van der Waals surface area contributed by atoms with E-state index in [1.807, 2.05) is 12.1 Å². The molecule has 0 unspecified atom stereocenters. The predicted octanol–water partition coefficient (Wildman–Crippen LogP) is 2.24. The van der Waals surface area contributed by atoms with Crippen LogP contribution in [0.25, 0.3) is 0 Å². The van der Waals surface area contributed by atoms with Gasteiger partial charge in [0.1, 0.15) is 10.8 Å². The molecule has 1 heterocycles. The first-order valence-corrected chi connectivity index (χ1v) is 6.56. The normalized spacial score (nSPS) is 10.3. The first-order chi connectivity index (χ1) is 8.83. The highest BCUT2D eigenvalue weighted by Gasteiger charge is 2.03. The van der Waals surface area contributed by atoms with E-state index < -0.39 is 0 Å². The van der Waals surface area contributed by atoms with Crippen molar-refractivity contribution in [1.29, 1.82) is 0 Å². The molecule has 0 aliphatic rings. The highest BCUT2D eigenvalue weighted by Crippen LogP contribution is 2.24. The number of benzene rings is 1. The zero-order valence-electron chi connectivity index (χ0n) is 10.2. The fourth-order valence-corrected chi connectivity index (χ4v) is 2.36. The summed E-state index contributed by atoms with van der Waals surface area (Å²) in [6.45, 7) is 0.479. The first kappa shape index (κ1) is 12.9. The number of rotatable bonds is 5. The van der Waals surface area contributed by atoms with E-state index in [4.69, 9.17) is 10.5 Å². The second-order valence-corrected chi connectivity index (χ2v) is 4.68. The summed E-state index contributed by atoms with van der Waals surface area (Å²) in [5, 5.41) is 0.919. The number of aromatic nitrogens is 2. The number of methoxy groups -OCH3 is 1. The van der Waals surface area contributed by atoms with Gasteiger partial charge >= 0.3 is 0 Å². The van der Waals surface area contributed by atoms with Gasteiger partial charge in [0.25, 0.3) is 0 Å². The molecule has 0 radical (unpaired) electrons. The number of thioether (sulfide) groups is 1. The maximum Gasteiger partial charge on any atom is 0.123 e. The molecule has 0 fully saturated rings. The van der Waals surface area contributed by atoms with Crippen LogP contribution in [0.15, 0.2) is 41.8 Å². The van der Waals surface area contributed by atoms with Gasteiger partial charge in [-0.15, -0.1) is 11.8 Å². The third-order valence-electron chi connectivity index (χ3n) is 2.49. The molecule has 94 valence electrons. The fourth-order valence-electron chi connectivity index (χ4n) is 1.60. The van der Waals surface area contributed by atoms with E-state index in [1.165, 1.54) is 5.56 Å². The van der Waals surface area contributed by atoms with Gasteiger partial charge in [-0.1, -0.05) is 6.07 Å². The van der Waals surface area contributed by atoms with Gasteiger partial charge in [-0.05, 0) is 17.7 Å². The Morgan fingerprint density at radius 3 is 2.89 bits per heavy atom. The molecule has 0 saturated carbocycles. The second-order valence-electron chi connectivity index (χ2n) is 3.68. The number of hydrogen-bond donors (Lipinski definition) is 1. The van der Waals surface area contributed by atoms with E-state index in [-0.39, 0.29) is 0 Å². The Morgan fingerprint density at radius 1 is 1.33 bits per heavy atom. The van der Waals surface area contributed by atoms with Crippen molar-refractivity contribution in [3.8, 4) is 5.75 Å². The van der Waals surface area contributed by atoms with Crippen molar-refractivity contribution in [2.45, 2.75) is 17.3 Å². The van der Waals surface area contributed by atoms with Gasteiger partial charge in [0, 0.05) is 30.3 Å². The SMILES string of the molecule is COc1ccc(CSc2cnccn2)cc1CN. The molecule has 0 amide bonds. The first-order valence-electron chi connectivity index (χ1n) is 5.58. The van der Waals surface area contributed by atoms with Crippen LogP contribution >= 0.6 is 11.8 Å². The van der Waals surface area contributed by atoms with Crippen molar-refractivity contribution in [1.82, 2.24) is 9.97 Å². The molecule has 0 aliphatic heterocycles. The van der Waals surface area contributed by atoms with Crippen molar-refractivity contribution in [3.05, 3.63) is 47.9 Å². The largest absolute Gasteiger partial charge is 0.496 e. The van der Waals surface area contributed by atoms with Crippen LogP contribution in [0.2, 0.25) is 0 Å². The van der Waals surface area contributed by atoms with E-state index >= 15 is 0 Å². The van der Waals surface area contributed by atoms with Gasteiger partial charge in [-0.3, -0.25) is 4.98 Å². The van der Waals surface area contributed by atoms with E-state index in [9.17, 15) is 0 Å². The Hall–Kier alpha value is -1.59. The Morgan fingerprint density at radius 2 is 2.22 bits per heavy atom. The standard InChI is InChI=1S/C13H15N3OS/c1-17-12-3-2-10(6-11(12)7-14)9-18-13-8-15-4-5-16-13/h2-6,8H,7,9,14H2,1H3. The van der Waals surface area contributed by atoms with Crippen LogP contribution in [0.1, 0.15) is 11.1 Å². The Bertz CT molecular complexity index is 505. The molecular formula is C13H15N3OS. The maximum absolute atomic E-state index is 5.69. The summed E-state index contributed by atoms with van der Waals surface area (Å²) in [4.78, 5) is 8.26. The van der Waals surface area contributed by atoms with Crippen molar-refractivity contribution >= 4 is 11.8 Å². The lowest BCUT2D eigenvalue weighted by Gasteiger charge is -2.08. The van der Waals surface area contributed by atoms with Gasteiger partial charge in [-0.2, -0.15) is 0 Å². The predicted molar refractivity (Wildman–Crippen MR) is 72.5 cm³/mol. The Balaban J connectivity index is 2.06. The van der Waals surface area contributed by atoms with E-state index in [1.54, 1.807) is 37.5 Å². The molecule has 0 spiro atoms. The molecule has 4 nitrogen and oxygen atoms in total. The topological polar surface area (TPSA) is 61.0 Å². The maximum atomic E-state index is 5.69. The van der Waals surface area contributed by atoms with Crippen LogP contribution < -0.4 is 10.5 Å². The van der Waals surface area contributed by atoms with Crippen LogP contribution in [0.5, 0.6) is 5.75 Å². The van der Waals surface area contributed by atoms with E-state index in [0.29, 0.717) is 6.54 Å². The summed E-state index contributed by atoms with van der Waals surface area (Å²) in [5.41, 5.74) is 7.92. The minimum absolute atomic E-state index is 0.479. The summed E-state index contributed by atoms with van der Waals surface area (Å²) < 4.78 is 5.24. The molecule has 0 bridgehead atoms. The zero-order chi connectivity index (χ0) is 12.8. The van der Waals surface area contributed by atoms with Gasteiger partial charge in [0.05, 0.1) is 13.3 Å². The van der Waals surface area contributed by atoms with Crippen LogP contribution in [0, 0.1) is 0 Å². The number of nitrogens with two attached hydrogens (primary N) is 1. The lowest BCUT2D eigenvalue weighted by Crippen LogP contribution is -2.00. The lowest BCUT2D eigenvalue weighted by molar-refractivity contribution is 0.409. The highest BCUT2D eigenvalue weighted by atomic mass is 32.2. The third-order valence-corrected chi connectivity index (χ3v) is 3.48. The molecule has 0 atom stereocenters. The van der Waals surface area contributed by atoms with Crippen LogP contribution in [0.3, 0.4) is 0 Å². The molecule has 1 aromatic carbocycles. The van der Waals surface area contributed by atoms with Gasteiger partial charge in [-0.25, -0.2) is 4.98 Å². The number of nitrogens with zero attached hydrogens (tertiary/aromatic N) is 2. The molecule has 0 aliphatic carbocycles. The summed E-state index contributed by atoms with van der Waals surface area (Å²) in [6, 6.07) is 6.07. The summed E-state index contributed by atoms with van der Waals surface area (Å²) in [5.74, 6) is 1.68. The lowest BCUT2D eigenvalue weighted by atomic mass is 10.1. The third kappa shape index (κ3) is 3.21. The Labute approximate surface area is 111 Å². The summed E-state index contributed by atoms with van der Waals surface area (Å²) in [6.07, 6.45) is 5.13. The smallest absolute Gasteiger partial charge is 0.123 e. The molecule has 18 heavy (non-hydrogen) atoms. The average Bonchev–Trinajstić information content (AvgIpc) is 2.45. The molecular weight excluding hydrogens is 246 g/mol. The number of ether oxygens (including phenoxy) is 1. The quantitative estimate of drug-likeness (QED) is 0.836. The average molecular weight is 261 g/mol. The van der Waals surface area contributed by atoms with Gasteiger partial charge in [0.2, 0.25) is 0 Å². The second kappa shape index (κ2) is 6.37. The van der Waals surface area contributed by atoms with Crippen molar-refractivity contribution in [3.63, 3.8) is 0 Å². The minimum atomic E-state index is 0.479. The van der Waals surface area contributed by atoms with Crippen molar-refractivity contribution in [2.24, 2.45) is 5.73 Å². The van der Waals surface area contributed by atoms with E-state index in [0.717, 1.165) is 22.1 Å². The number of hydrogen-bond acceptors (Lipinski definition) is 5. The summed E-state index contributed by atoms with van der Waals surface area (Å²) in [7, 11) is 1.66. The molecule has 5 heteroatoms. The molecule has 1 aromatic heterocycles. The van der Waals surface area contributed by atoms with Gasteiger partial charge in [0.15, 0.2) is 0 Å². The molecule has 2 aromatic rings. The monoisotopic (exact) mass is 261 g/mol. The molecule has 2 rings (SSSR count). The van der Waals surface area contributed by atoms with Crippen molar-refractivity contribution < 1.29 is 4.74 Å². The minimum Gasteiger partial charge on any atom is -0.496 e. The Kier molecular flexibility index (Phi) is 4.55. The van der Waals surface area contributed by atoms with Crippen LogP contribution in [0.4, 0.5) is 0 Å². The fraction of sp³-hybridized carbons (Fsp3) is 0.231. The van der Waals surface area contributed by atoms with Crippen LogP contribution in [-0.2, 0) is 12.3 Å².